The van der Waals surface area contributed by atoms with Crippen molar-refractivity contribution in [3.8, 4) is 0 Å². The van der Waals surface area contributed by atoms with E-state index in [1.807, 2.05) is 51.1 Å². The predicted octanol–water partition coefficient (Wildman–Crippen LogP) is 3.34. The molecular formula is C31H41N5O5. The molecule has 0 spiro atoms. The highest BCUT2D eigenvalue weighted by Crippen LogP contribution is 2.26. The number of benzene rings is 1. The molecule has 0 saturated carbocycles. The van der Waals surface area contributed by atoms with E-state index in [0.29, 0.717) is 25.1 Å². The second-order valence-corrected chi connectivity index (χ2v) is 12.0. The number of carbonyl (C=O) groups excluding carboxylic acids is 4. The highest BCUT2D eigenvalue weighted by molar-refractivity contribution is 5.94. The average molecular weight is 564 g/mol. The maximum absolute atomic E-state index is 13.4. The third kappa shape index (κ3) is 6.75. The molecule has 4 unspecified atom stereocenters. The second kappa shape index (κ2) is 12.0. The summed E-state index contributed by atoms with van der Waals surface area (Å²) in [4.78, 5) is 57.7. The van der Waals surface area contributed by atoms with E-state index in [0.717, 1.165) is 22.0 Å². The second-order valence-electron chi connectivity index (χ2n) is 12.0. The fourth-order valence-electron chi connectivity index (χ4n) is 5.06. The molecule has 220 valence electrons. The van der Waals surface area contributed by atoms with E-state index in [-0.39, 0.29) is 17.7 Å². The quantitative estimate of drug-likeness (QED) is 0.454. The lowest BCUT2D eigenvalue weighted by Gasteiger charge is -2.35. The molecule has 0 aliphatic carbocycles. The average Bonchev–Trinajstić information content (AvgIpc) is 2.93. The summed E-state index contributed by atoms with van der Waals surface area (Å²) in [6, 6.07) is 5.34. The lowest BCUT2D eigenvalue weighted by Crippen LogP contribution is -2.61. The zero-order valence-corrected chi connectivity index (χ0v) is 24.9. The van der Waals surface area contributed by atoms with Gasteiger partial charge < -0.3 is 15.4 Å². The van der Waals surface area contributed by atoms with Crippen LogP contribution in [-0.4, -0.2) is 58.4 Å². The van der Waals surface area contributed by atoms with Crippen LogP contribution in [0.3, 0.4) is 0 Å². The number of hydrogen-bond donors (Lipinski definition) is 3. The maximum atomic E-state index is 13.4. The molecule has 0 radical (unpaired) electrons. The van der Waals surface area contributed by atoms with Gasteiger partial charge in [0.15, 0.2) is 0 Å². The molecule has 4 atom stereocenters. The Morgan fingerprint density at radius 2 is 1.80 bits per heavy atom. The number of amides is 3. The molecule has 10 heteroatoms. The highest BCUT2D eigenvalue weighted by atomic mass is 16.5. The molecule has 41 heavy (non-hydrogen) atoms. The van der Waals surface area contributed by atoms with Crippen molar-refractivity contribution in [3.63, 3.8) is 0 Å². The molecule has 3 amide bonds. The summed E-state index contributed by atoms with van der Waals surface area (Å²) in [6.45, 7) is 13.0. The number of hydrazine groups is 1. The van der Waals surface area contributed by atoms with Crippen LogP contribution in [0.4, 0.5) is 0 Å². The van der Waals surface area contributed by atoms with Crippen molar-refractivity contribution in [1.29, 1.82) is 0 Å². The van der Waals surface area contributed by atoms with Crippen molar-refractivity contribution in [2.24, 2.45) is 11.3 Å². The number of nitrogens with one attached hydrogen (secondary N) is 3. The summed E-state index contributed by atoms with van der Waals surface area (Å²) < 4.78 is 5.78. The van der Waals surface area contributed by atoms with Crippen molar-refractivity contribution in [2.45, 2.75) is 85.5 Å². The lowest BCUT2D eigenvalue weighted by atomic mass is 9.89. The smallest absolute Gasteiger partial charge is 0.325 e. The van der Waals surface area contributed by atoms with E-state index in [4.69, 9.17) is 9.72 Å². The van der Waals surface area contributed by atoms with Gasteiger partial charge in [0.05, 0.1) is 16.6 Å². The number of fused-ring (bicyclic) bond motifs is 4. The van der Waals surface area contributed by atoms with Gasteiger partial charge in [-0.25, -0.2) is 10.4 Å². The van der Waals surface area contributed by atoms with E-state index in [1.165, 1.54) is 5.01 Å². The van der Waals surface area contributed by atoms with Crippen molar-refractivity contribution < 1.29 is 23.9 Å². The van der Waals surface area contributed by atoms with Gasteiger partial charge in [0.1, 0.15) is 24.2 Å². The first-order valence-electron chi connectivity index (χ1n) is 14.3. The molecule has 2 aliphatic heterocycles. The zero-order chi connectivity index (χ0) is 30.1. The van der Waals surface area contributed by atoms with Crippen molar-refractivity contribution in [1.82, 2.24) is 26.1 Å². The minimum absolute atomic E-state index is 0.222. The number of aromatic nitrogens is 1. The predicted molar refractivity (Wildman–Crippen MR) is 156 cm³/mol. The molecule has 1 fully saturated rings. The van der Waals surface area contributed by atoms with E-state index in [2.05, 4.69) is 16.1 Å². The number of aryl methyl sites for hydroxylation is 1. The summed E-state index contributed by atoms with van der Waals surface area (Å²) in [6.07, 6.45) is 4.17. The number of rotatable bonds is 1. The summed E-state index contributed by atoms with van der Waals surface area (Å²) in [7, 11) is 0. The Balaban J connectivity index is 1.73. The first-order valence-corrected chi connectivity index (χ1v) is 14.3. The summed E-state index contributed by atoms with van der Waals surface area (Å²) >= 11 is 0. The Morgan fingerprint density at radius 1 is 1.07 bits per heavy atom. The first-order chi connectivity index (χ1) is 19.3. The number of pyridine rings is 1. The van der Waals surface area contributed by atoms with Gasteiger partial charge in [0.25, 0.3) is 5.91 Å². The molecule has 3 heterocycles. The van der Waals surface area contributed by atoms with Crippen LogP contribution < -0.4 is 16.1 Å². The van der Waals surface area contributed by atoms with Gasteiger partial charge >= 0.3 is 5.97 Å². The largest absolute Gasteiger partial charge is 0.455 e. The number of esters is 1. The van der Waals surface area contributed by atoms with E-state index in [9.17, 15) is 19.2 Å². The SMILES string of the molecule is Cc1cc2cc3nc(ccc13)C(C)OC(=O)C1CCCN(N1)C(=O)C(C)NC(=O)C(C(C)C)NC(=O)C(C)(C)C=C2. The first kappa shape index (κ1) is 30.2. The fourth-order valence-corrected chi connectivity index (χ4v) is 5.06. The molecule has 10 nitrogen and oxygen atoms in total. The van der Waals surface area contributed by atoms with Crippen LogP contribution in [0.25, 0.3) is 17.0 Å². The number of ether oxygens (including phenoxy) is 1. The van der Waals surface area contributed by atoms with E-state index < -0.39 is 41.5 Å². The number of carbonyl (C=O) groups is 4. The standard InChI is InChI=1S/C31H41N5O5/c1-17(2)26-27(37)32-19(4)28(38)36-14-8-9-24(35-36)29(39)41-20(5)23-11-10-22-18(3)15-21(16-25(22)33-23)12-13-31(6,7)30(40)34-26/h10-13,15-17,19-20,24,26,35H,8-9,14H2,1-7H3,(H,32,37)(H,34,40). The number of cyclic esters (lactones) is 1. The third-order valence-electron chi connectivity index (χ3n) is 7.75. The Hall–Kier alpha value is -3.79. The lowest BCUT2D eigenvalue weighted by molar-refractivity contribution is -0.157. The minimum Gasteiger partial charge on any atom is -0.455 e. The fraction of sp³-hybridized carbons (Fsp3) is 0.516. The Morgan fingerprint density at radius 3 is 2.51 bits per heavy atom. The van der Waals surface area contributed by atoms with Gasteiger partial charge in [0.2, 0.25) is 11.8 Å². The Kier molecular flexibility index (Phi) is 8.82. The molecule has 2 aliphatic rings. The van der Waals surface area contributed by atoms with Crippen LogP contribution in [0.5, 0.6) is 0 Å². The Bertz CT molecular complexity index is 1380. The van der Waals surface area contributed by atoms with Crippen LogP contribution in [0.2, 0.25) is 0 Å². The Labute approximate surface area is 241 Å². The summed E-state index contributed by atoms with van der Waals surface area (Å²) in [5.74, 6) is -1.84. The molecule has 2 aromatic rings. The maximum Gasteiger partial charge on any atom is 0.325 e. The van der Waals surface area contributed by atoms with Gasteiger partial charge in [-0.3, -0.25) is 24.2 Å². The van der Waals surface area contributed by atoms with E-state index >= 15 is 0 Å². The third-order valence-corrected chi connectivity index (χ3v) is 7.75. The van der Waals surface area contributed by atoms with Gasteiger partial charge in [-0.1, -0.05) is 38.1 Å². The molecule has 5 bridgehead atoms. The van der Waals surface area contributed by atoms with Crippen molar-refractivity contribution in [3.05, 3.63) is 47.2 Å². The highest BCUT2D eigenvalue weighted by Gasteiger charge is 2.35. The molecular weight excluding hydrogens is 522 g/mol. The monoisotopic (exact) mass is 563 g/mol. The van der Waals surface area contributed by atoms with Crippen LogP contribution in [0.15, 0.2) is 30.3 Å². The molecule has 1 saturated heterocycles. The van der Waals surface area contributed by atoms with Crippen LogP contribution >= 0.6 is 0 Å². The van der Waals surface area contributed by atoms with Gasteiger partial charge in [-0.05, 0) is 76.6 Å². The summed E-state index contributed by atoms with van der Waals surface area (Å²) in [5.41, 5.74) is 5.30. The molecule has 1 aromatic carbocycles. The molecule has 1 aromatic heterocycles. The minimum atomic E-state index is -0.929. The van der Waals surface area contributed by atoms with Crippen LogP contribution in [-0.2, 0) is 23.9 Å². The van der Waals surface area contributed by atoms with Crippen molar-refractivity contribution in [2.75, 3.05) is 6.54 Å². The zero-order valence-electron chi connectivity index (χ0n) is 24.9. The van der Waals surface area contributed by atoms with Crippen LogP contribution in [0, 0.1) is 18.3 Å². The van der Waals surface area contributed by atoms with Gasteiger partial charge in [0, 0.05) is 11.9 Å². The molecule has 3 N–H and O–H groups in total. The summed E-state index contributed by atoms with van der Waals surface area (Å²) in [5, 5.41) is 7.97. The molecule has 4 rings (SSSR count). The van der Waals surface area contributed by atoms with Crippen molar-refractivity contribution >= 4 is 40.7 Å². The van der Waals surface area contributed by atoms with Gasteiger partial charge in [-0.15, -0.1) is 0 Å². The normalized spacial score (nSPS) is 26.1. The number of nitrogens with zero attached hydrogens (tertiary/aromatic N) is 2. The van der Waals surface area contributed by atoms with Crippen LogP contribution in [0.1, 0.15) is 77.3 Å². The van der Waals surface area contributed by atoms with E-state index in [1.54, 1.807) is 33.8 Å². The number of hydrogen-bond acceptors (Lipinski definition) is 7. The van der Waals surface area contributed by atoms with Gasteiger partial charge in [-0.2, -0.15) is 0 Å². The topological polar surface area (TPSA) is 130 Å².